The summed E-state index contributed by atoms with van der Waals surface area (Å²) < 4.78 is 30.9. The molecule has 0 radical (unpaired) electrons. The van der Waals surface area contributed by atoms with Crippen molar-refractivity contribution in [2.45, 2.75) is 11.8 Å². The molecule has 0 atom stereocenters. The number of nitrogens with zero attached hydrogens (tertiary/aromatic N) is 1. The molecular weight excluding hydrogens is 495 g/mol. The summed E-state index contributed by atoms with van der Waals surface area (Å²) in [6.07, 6.45) is 2.59. The fourth-order valence-electron chi connectivity index (χ4n) is 2.78. The Morgan fingerprint density at radius 1 is 1.19 bits per heavy atom. The number of hydrogen-bond donors (Lipinski definition) is 1. The third-order valence-corrected chi connectivity index (χ3v) is 6.39. The second-order valence-electron chi connectivity index (χ2n) is 6.68. The SMILES string of the molecule is C=CCN1C(=O)C(=Cc2cc(Cl)cc(Cl)c2OS(=O)(=O)c2ccc(C)cc2)C(=O)NC1=S. The zero-order valence-corrected chi connectivity index (χ0v) is 19.7. The van der Waals surface area contributed by atoms with E-state index in [1.54, 1.807) is 12.1 Å². The zero-order chi connectivity index (χ0) is 23.6. The van der Waals surface area contributed by atoms with Crippen molar-refractivity contribution in [3.63, 3.8) is 0 Å². The maximum atomic E-state index is 12.8. The minimum atomic E-state index is -4.27. The van der Waals surface area contributed by atoms with E-state index in [0.717, 1.165) is 16.5 Å². The van der Waals surface area contributed by atoms with E-state index in [1.165, 1.54) is 30.3 Å². The van der Waals surface area contributed by atoms with Crippen LogP contribution < -0.4 is 9.50 Å². The highest BCUT2D eigenvalue weighted by Gasteiger charge is 2.33. The number of benzene rings is 2. The minimum absolute atomic E-state index is 0.0167. The molecule has 1 fully saturated rings. The van der Waals surface area contributed by atoms with E-state index in [-0.39, 0.29) is 43.5 Å². The Morgan fingerprint density at radius 2 is 1.84 bits per heavy atom. The molecule has 0 aromatic heterocycles. The monoisotopic (exact) mass is 510 g/mol. The van der Waals surface area contributed by atoms with Gasteiger partial charge in [0.2, 0.25) is 0 Å². The molecule has 1 aliphatic rings. The van der Waals surface area contributed by atoms with Crippen molar-refractivity contribution in [1.82, 2.24) is 10.2 Å². The number of carbonyl (C=O) groups excluding carboxylic acids is 2. The maximum Gasteiger partial charge on any atom is 0.339 e. The number of amides is 2. The summed E-state index contributed by atoms with van der Waals surface area (Å²) in [4.78, 5) is 26.3. The van der Waals surface area contributed by atoms with E-state index in [4.69, 9.17) is 39.6 Å². The van der Waals surface area contributed by atoms with Gasteiger partial charge in [-0.2, -0.15) is 8.42 Å². The van der Waals surface area contributed by atoms with Gasteiger partial charge in [0.05, 0.1) is 5.02 Å². The van der Waals surface area contributed by atoms with Crippen LogP contribution in [0.5, 0.6) is 5.75 Å². The van der Waals surface area contributed by atoms with Gasteiger partial charge in [0, 0.05) is 17.1 Å². The predicted molar refractivity (Wildman–Crippen MR) is 126 cm³/mol. The van der Waals surface area contributed by atoms with Gasteiger partial charge in [-0.1, -0.05) is 47.0 Å². The summed E-state index contributed by atoms with van der Waals surface area (Å²) in [6, 6.07) is 8.62. The van der Waals surface area contributed by atoms with Gasteiger partial charge in [0.15, 0.2) is 10.9 Å². The first-order chi connectivity index (χ1) is 15.0. The molecule has 0 spiro atoms. The molecule has 1 aliphatic heterocycles. The van der Waals surface area contributed by atoms with E-state index in [2.05, 4.69) is 11.9 Å². The maximum absolute atomic E-state index is 12.8. The van der Waals surface area contributed by atoms with Crippen molar-refractivity contribution < 1.29 is 22.2 Å². The van der Waals surface area contributed by atoms with Crippen molar-refractivity contribution in [2.75, 3.05) is 6.54 Å². The Balaban J connectivity index is 2.09. The van der Waals surface area contributed by atoms with Crippen molar-refractivity contribution in [3.05, 3.63) is 75.8 Å². The summed E-state index contributed by atoms with van der Waals surface area (Å²) in [5.41, 5.74) is 0.571. The van der Waals surface area contributed by atoms with Crippen LogP contribution in [-0.2, 0) is 19.7 Å². The first-order valence-corrected chi connectivity index (χ1v) is 11.6. The lowest BCUT2D eigenvalue weighted by molar-refractivity contribution is -0.128. The summed E-state index contributed by atoms with van der Waals surface area (Å²) in [5.74, 6) is -1.74. The van der Waals surface area contributed by atoms with Crippen molar-refractivity contribution in [3.8, 4) is 5.75 Å². The summed E-state index contributed by atoms with van der Waals surface area (Å²) >= 11 is 17.3. The lowest BCUT2D eigenvalue weighted by atomic mass is 10.1. The Labute approximate surface area is 200 Å². The molecule has 11 heteroatoms. The van der Waals surface area contributed by atoms with Gasteiger partial charge < -0.3 is 4.18 Å². The van der Waals surface area contributed by atoms with Crippen LogP contribution in [0.3, 0.4) is 0 Å². The number of hydrogen-bond acceptors (Lipinski definition) is 6. The summed E-state index contributed by atoms with van der Waals surface area (Å²) in [7, 11) is -4.27. The third-order valence-electron chi connectivity index (χ3n) is 4.34. The molecule has 1 N–H and O–H groups in total. The Morgan fingerprint density at radius 3 is 2.47 bits per heavy atom. The van der Waals surface area contributed by atoms with Gasteiger partial charge in [-0.3, -0.25) is 19.8 Å². The van der Waals surface area contributed by atoms with Crippen LogP contribution in [0.25, 0.3) is 6.08 Å². The van der Waals surface area contributed by atoms with Crippen LogP contribution in [0.4, 0.5) is 0 Å². The third kappa shape index (κ3) is 5.02. The molecule has 0 saturated carbocycles. The Kier molecular flexibility index (Phi) is 7.04. The van der Waals surface area contributed by atoms with Gasteiger partial charge in [-0.25, -0.2) is 0 Å². The van der Waals surface area contributed by atoms with E-state index in [0.29, 0.717) is 0 Å². The molecule has 0 bridgehead atoms. The van der Waals surface area contributed by atoms with Crippen LogP contribution in [0.1, 0.15) is 11.1 Å². The molecular formula is C21H16Cl2N2O5S2. The van der Waals surface area contributed by atoms with E-state index in [1.807, 2.05) is 6.92 Å². The molecule has 7 nitrogen and oxygen atoms in total. The van der Waals surface area contributed by atoms with Gasteiger partial charge >= 0.3 is 10.1 Å². The number of nitrogens with one attached hydrogen (secondary N) is 1. The molecule has 32 heavy (non-hydrogen) atoms. The highest BCUT2D eigenvalue weighted by atomic mass is 35.5. The van der Waals surface area contributed by atoms with Crippen molar-refractivity contribution in [2.24, 2.45) is 0 Å². The standard InChI is InChI=1S/C21H16Cl2N2O5S2/c1-3-8-25-20(27)16(19(26)24-21(25)31)10-13-9-14(22)11-17(23)18(13)30-32(28,29)15-6-4-12(2)5-7-15/h3-7,9-11H,1,8H2,2H3,(H,24,26,31). The van der Waals surface area contributed by atoms with Crippen LogP contribution in [0.15, 0.2) is 59.5 Å². The highest BCUT2D eigenvalue weighted by Crippen LogP contribution is 2.36. The van der Waals surface area contributed by atoms with Crippen LogP contribution in [-0.4, -0.2) is 36.8 Å². The van der Waals surface area contributed by atoms with E-state index >= 15 is 0 Å². The molecule has 1 heterocycles. The number of carbonyl (C=O) groups is 2. The molecule has 2 aromatic rings. The molecule has 2 aromatic carbocycles. The molecule has 0 unspecified atom stereocenters. The van der Waals surface area contributed by atoms with Crippen molar-refractivity contribution in [1.29, 1.82) is 0 Å². The number of thiocarbonyl (C=S) groups is 1. The smallest absolute Gasteiger partial charge is 0.339 e. The quantitative estimate of drug-likeness (QED) is 0.208. The van der Waals surface area contributed by atoms with Crippen molar-refractivity contribution >= 4 is 68.5 Å². The molecule has 166 valence electrons. The number of rotatable bonds is 6. The number of halogens is 2. The summed E-state index contributed by atoms with van der Waals surface area (Å²) in [6.45, 7) is 5.43. The Bertz CT molecular complexity index is 1270. The lowest BCUT2D eigenvalue weighted by Crippen LogP contribution is -2.53. The first kappa shape index (κ1) is 23.9. The van der Waals surface area contributed by atoms with Crippen LogP contribution >= 0.6 is 35.4 Å². The second kappa shape index (κ2) is 9.41. The van der Waals surface area contributed by atoms with Crippen LogP contribution in [0.2, 0.25) is 10.0 Å². The van der Waals surface area contributed by atoms with Gasteiger partial charge in [-0.15, -0.1) is 6.58 Å². The second-order valence-corrected chi connectivity index (χ2v) is 9.45. The molecule has 1 saturated heterocycles. The fourth-order valence-corrected chi connectivity index (χ4v) is 4.60. The fraction of sp³-hybridized carbons (Fsp3) is 0.0952. The van der Waals surface area contributed by atoms with Crippen LogP contribution in [0, 0.1) is 6.92 Å². The first-order valence-electron chi connectivity index (χ1n) is 9.03. The van der Waals surface area contributed by atoms with Gasteiger partial charge in [0.1, 0.15) is 10.5 Å². The van der Waals surface area contributed by atoms with Gasteiger partial charge in [-0.05, 0) is 49.5 Å². The largest absolute Gasteiger partial charge is 0.377 e. The molecule has 0 aliphatic carbocycles. The predicted octanol–water partition coefficient (Wildman–Crippen LogP) is 3.88. The average molecular weight is 511 g/mol. The molecule has 2 amide bonds. The highest BCUT2D eigenvalue weighted by molar-refractivity contribution is 7.87. The Hall–Kier alpha value is -2.72. The normalized spacial score (nSPS) is 15.7. The van der Waals surface area contributed by atoms with E-state index < -0.39 is 21.9 Å². The minimum Gasteiger partial charge on any atom is -0.377 e. The number of aryl methyl sites for hydroxylation is 1. The lowest BCUT2D eigenvalue weighted by Gasteiger charge is -2.27. The zero-order valence-electron chi connectivity index (χ0n) is 16.6. The summed E-state index contributed by atoms with van der Waals surface area (Å²) in [5, 5.41) is 2.35. The van der Waals surface area contributed by atoms with E-state index in [9.17, 15) is 18.0 Å². The topological polar surface area (TPSA) is 92.8 Å². The van der Waals surface area contributed by atoms with Gasteiger partial charge in [0.25, 0.3) is 11.8 Å². The average Bonchev–Trinajstić information content (AvgIpc) is 2.71. The molecule has 3 rings (SSSR count).